The predicted molar refractivity (Wildman–Crippen MR) is 169 cm³/mol. The van der Waals surface area contributed by atoms with Gasteiger partial charge in [0, 0.05) is 12.4 Å². The Morgan fingerprint density at radius 3 is 1.75 bits per heavy atom. The van der Waals surface area contributed by atoms with Gasteiger partial charge in [-0.2, -0.15) is 0 Å². The lowest BCUT2D eigenvalue weighted by Crippen LogP contribution is -2.65. The molecule has 11 heteroatoms. The van der Waals surface area contributed by atoms with E-state index in [0.717, 1.165) is 0 Å². The van der Waals surface area contributed by atoms with Crippen LogP contribution in [0.2, 0.25) is 54.4 Å². The molecule has 0 unspecified atom stereocenters. The maximum absolute atomic E-state index is 7.23. The largest absolute Gasteiger partial charge is 0.444 e. The number of nitrogens with zero attached hydrogens (tertiary/aromatic N) is 3. The Morgan fingerprint density at radius 2 is 1.27 bits per heavy atom. The first-order valence-electron chi connectivity index (χ1n) is 14.6. The normalized spacial score (nSPS) is 26.8. The van der Waals surface area contributed by atoms with E-state index in [-0.39, 0.29) is 39.5 Å². The van der Waals surface area contributed by atoms with Gasteiger partial charge in [0.15, 0.2) is 25.0 Å². The maximum atomic E-state index is 7.23. The summed E-state index contributed by atoms with van der Waals surface area (Å²) in [7, 11) is -6.53. The zero-order chi connectivity index (χ0) is 30.5. The molecule has 0 saturated carbocycles. The van der Waals surface area contributed by atoms with Gasteiger partial charge >= 0.3 is 0 Å². The highest BCUT2D eigenvalue weighted by Crippen LogP contribution is 2.45. The number of rotatable bonds is 8. The van der Waals surface area contributed by atoms with Gasteiger partial charge in [-0.05, 0) is 54.4 Å². The molecule has 5 atom stereocenters. The van der Waals surface area contributed by atoms with Gasteiger partial charge in [0.25, 0.3) is 0 Å². The average molecular weight is 610 g/mol. The van der Waals surface area contributed by atoms with Gasteiger partial charge in [0.2, 0.25) is 12.2 Å². The first-order valence-corrected chi connectivity index (χ1v) is 23.4. The number of hydrogen-bond acceptors (Lipinski definition) is 8. The number of aliphatic imine (C=N–C) groups is 1. The number of hydrogen-bond donors (Lipinski definition) is 0. The smallest absolute Gasteiger partial charge is 0.239 e. The van der Waals surface area contributed by atoms with E-state index in [9.17, 15) is 0 Å². The Hall–Kier alpha value is -0.959. The second-order valence-corrected chi connectivity index (χ2v) is 30.3. The van der Waals surface area contributed by atoms with Crippen LogP contribution in [0.25, 0.3) is 0 Å². The molecular weight excluding hydrogens is 555 g/mol. The van der Waals surface area contributed by atoms with Crippen LogP contribution in [0.1, 0.15) is 68.0 Å². The van der Waals surface area contributed by atoms with Gasteiger partial charge in [-0.15, -0.1) is 0 Å². The molecule has 228 valence electrons. The highest BCUT2D eigenvalue weighted by atomic mass is 28.4. The minimum absolute atomic E-state index is 0.00632. The Kier molecular flexibility index (Phi) is 9.45. The summed E-state index contributed by atoms with van der Waals surface area (Å²) in [6, 6.07) is -0.384. The van der Waals surface area contributed by atoms with Crippen molar-refractivity contribution in [2.24, 2.45) is 4.99 Å². The first-order chi connectivity index (χ1) is 18.0. The zero-order valence-electron chi connectivity index (χ0n) is 27.7. The van der Waals surface area contributed by atoms with Crippen molar-refractivity contribution >= 4 is 30.8 Å². The van der Waals surface area contributed by atoms with Crippen LogP contribution in [0.5, 0.6) is 0 Å². The van der Waals surface area contributed by atoms with Crippen LogP contribution in [0.15, 0.2) is 23.6 Å². The van der Waals surface area contributed by atoms with Crippen LogP contribution in [0, 0.1) is 0 Å². The van der Waals surface area contributed by atoms with Gasteiger partial charge in [-0.1, -0.05) is 62.3 Å². The second-order valence-electron chi connectivity index (χ2n) is 15.9. The number of ether oxygens (including phenoxy) is 2. The molecule has 8 nitrogen and oxygen atoms in total. The molecule has 3 rings (SSSR count). The molecular formula is C29H55N3O5Si3. The highest BCUT2D eigenvalue weighted by molar-refractivity contribution is 6.75. The summed E-state index contributed by atoms with van der Waals surface area (Å²) in [5.41, 5.74) is 0.586. The Bertz CT molecular complexity index is 1050. The summed E-state index contributed by atoms with van der Waals surface area (Å²) in [6.45, 7) is 34.4. The fourth-order valence-electron chi connectivity index (χ4n) is 3.89. The predicted octanol–water partition coefficient (Wildman–Crippen LogP) is 7.15. The van der Waals surface area contributed by atoms with E-state index in [1.54, 1.807) is 18.6 Å². The van der Waals surface area contributed by atoms with Crippen molar-refractivity contribution in [2.45, 2.75) is 147 Å². The van der Waals surface area contributed by atoms with Crippen molar-refractivity contribution in [2.75, 3.05) is 6.61 Å². The van der Waals surface area contributed by atoms with Crippen molar-refractivity contribution < 1.29 is 22.8 Å². The Labute approximate surface area is 246 Å². The van der Waals surface area contributed by atoms with Crippen LogP contribution in [-0.2, 0) is 22.8 Å². The second kappa shape index (κ2) is 11.3. The SMILES string of the molecule is CC(C)(C)[Si](C)(C)OC[C@H]1O[C@@H]2OC(c3cnccn3)=N[C@@H]2[C@@H](O[Si](C)(C)C(C)(C)C)[C@@H]1O[Si](C)(C)C(C)(C)C. The van der Waals surface area contributed by atoms with Crippen molar-refractivity contribution in [1.82, 2.24) is 9.97 Å². The van der Waals surface area contributed by atoms with E-state index in [2.05, 4.69) is 112 Å². The topological polar surface area (TPSA) is 84.3 Å². The lowest BCUT2D eigenvalue weighted by atomic mass is 9.98. The quantitative estimate of drug-likeness (QED) is 0.289. The van der Waals surface area contributed by atoms with Crippen LogP contribution in [0.4, 0.5) is 0 Å². The molecule has 0 aromatic carbocycles. The summed E-state index contributed by atoms with van der Waals surface area (Å²) in [5, 5.41) is 0.0892. The number of aromatic nitrogens is 2. The molecule has 1 aromatic heterocycles. The standard InChI is InChI=1S/C29H55N3O5Si3/c1-27(2,3)38(10,11)33-19-21-23(36-39(12,13)28(4,5)6)24(37-40(14,15)29(7,8)9)22-26(34-21)35-25(32-22)20-18-30-16-17-31-20/h16-18,21-24,26H,19H2,1-15H3/t21-,22-,23-,24-,26-/m1/s1. The van der Waals surface area contributed by atoms with Gasteiger partial charge in [0.05, 0.1) is 12.8 Å². The van der Waals surface area contributed by atoms with Gasteiger partial charge in [-0.3, -0.25) is 4.98 Å². The fourth-order valence-corrected chi connectivity index (χ4v) is 7.53. The summed E-state index contributed by atoms with van der Waals surface area (Å²) >= 11 is 0. The fraction of sp³-hybridized carbons (Fsp3) is 0.828. The Balaban J connectivity index is 2.09. The lowest BCUT2D eigenvalue weighted by molar-refractivity contribution is -0.226. The molecule has 3 heterocycles. The summed E-state index contributed by atoms with van der Waals surface area (Å²) in [4.78, 5) is 13.7. The molecule has 1 saturated heterocycles. The minimum atomic E-state index is -2.24. The summed E-state index contributed by atoms with van der Waals surface area (Å²) < 4.78 is 34.3. The summed E-state index contributed by atoms with van der Waals surface area (Å²) in [6.07, 6.45) is 3.28. The van der Waals surface area contributed by atoms with Crippen LogP contribution < -0.4 is 0 Å². The van der Waals surface area contributed by atoms with E-state index in [1.165, 1.54) is 0 Å². The highest BCUT2D eigenvalue weighted by Gasteiger charge is 2.57. The molecule has 0 bridgehead atoms. The van der Waals surface area contributed by atoms with E-state index >= 15 is 0 Å². The molecule has 0 N–H and O–H groups in total. The molecule has 0 aliphatic carbocycles. The van der Waals surface area contributed by atoms with Crippen molar-refractivity contribution in [1.29, 1.82) is 0 Å². The van der Waals surface area contributed by atoms with E-state index in [1.807, 2.05) is 0 Å². The Morgan fingerprint density at radius 1 is 0.750 bits per heavy atom. The van der Waals surface area contributed by atoms with Gasteiger partial charge in [-0.25, -0.2) is 9.98 Å². The third-order valence-electron chi connectivity index (χ3n) is 9.78. The average Bonchev–Trinajstić information content (AvgIpc) is 3.21. The minimum Gasteiger partial charge on any atom is -0.444 e. The molecule has 2 aliphatic heterocycles. The molecule has 2 aliphatic rings. The van der Waals surface area contributed by atoms with E-state index in [4.69, 9.17) is 27.7 Å². The monoisotopic (exact) mass is 609 g/mol. The van der Waals surface area contributed by atoms with Crippen molar-refractivity contribution in [3.8, 4) is 0 Å². The van der Waals surface area contributed by atoms with Crippen molar-refractivity contribution in [3.05, 3.63) is 24.3 Å². The zero-order valence-corrected chi connectivity index (χ0v) is 30.7. The molecule has 1 fully saturated rings. The first kappa shape index (κ1) is 33.5. The van der Waals surface area contributed by atoms with Crippen LogP contribution in [0.3, 0.4) is 0 Å². The summed E-state index contributed by atoms with van der Waals surface area (Å²) in [5.74, 6) is 0.434. The molecule has 40 heavy (non-hydrogen) atoms. The molecule has 0 spiro atoms. The van der Waals surface area contributed by atoms with Gasteiger partial charge < -0.3 is 22.8 Å². The van der Waals surface area contributed by atoms with E-state index < -0.39 is 31.2 Å². The molecule has 0 amide bonds. The maximum Gasteiger partial charge on any atom is 0.239 e. The third-order valence-corrected chi connectivity index (χ3v) is 23.2. The lowest BCUT2D eigenvalue weighted by Gasteiger charge is -2.51. The van der Waals surface area contributed by atoms with Crippen LogP contribution >= 0.6 is 0 Å². The van der Waals surface area contributed by atoms with Crippen molar-refractivity contribution in [3.63, 3.8) is 0 Å². The van der Waals surface area contributed by atoms with Gasteiger partial charge in [0.1, 0.15) is 30.0 Å². The van der Waals surface area contributed by atoms with Crippen LogP contribution in [-0.4, -0.2) is 78.1 Å². The third kappa shape index (κ3) is 7.15. The molecule has 1 aromatic rings. The number of fused-ring (bicyclic) bond motifs is 1. The van der Waals surface area contributed by atoms with E-state index in [0.29, 0.717) is 18.2 Å². The molecule has 0 radical (unpaired) electrons.